The number of hydrogen-bond donors (Lipinski definition) is 1. The van der Waals surface area contributed by atoms with Gasteiger partial charge < -0.3 is 5.32 Å². The fourth-order valence-corrected chi connectivity index (χ4v) is 2.60. The SMILES string of the molecule is Cc1ccc(CNc2ccccc2S(C)(=O)=O)cn1. The summed E-state index contributed by atoms with van der Waals surface area (Å²) in [6.45, 7) is 2.47. The van der Waals surface area contributed by atoms with Gasteiger partial charge in [-0.2, -0.15) is 0 Å². The number of pyridine rings is 1. The highest BCUT2D eigenvalue weighted by Crippen LogP contribution is 2.21. The van der Waals surface area contributed by atoms with Gasteiger partial charge in [-0.3, -0.25) is 4.98 Å². The quantitative estimate of drug-likeness (QED) is 0.931. The fraction of sp³-hybridized carbons (Fsp3) is 0.214. The molecule has 2 rings (SSSR count). The lowest BCUT2D eigenvalue weighted by atomic mass is 10.2. The maximum Gasteiger partial charge on any atom is 0.177 e. The molecule has 0 aliphatic carbocycles. The molecular formula is C14H16N2O2S. The van der Waals surface area contributed by atoms with Crippen LogP contribution in [-0.2, 0) is 16.4 Å². The molecule has 0 unspecified atom stereocenters. The Labute approximate surface area is 113 Å². The maximum atomic E-state index is 11.7. The van der Waals surface area contributed by atoms with E-state index in [2.05, 4.69) is 10.3 Å². The van der Waals surface area contributed by atoms with Gasteiger partial charge in [-0.1, -0.05) is 18.2 Å². The molecular weight excluding hydrogens is 260 g/mol. The summed E-state index contributed by atoms with van der Waals surface area (Å²) in [5.41, 5.74) is 2.58. The van der Waals surface area contributed by atoms with Crippen molar-refractivity contribution in [1.82, 2.24) is 4.98 Å². The molecule has 19 heavy (non-hydrogen) atoms. The molecule has 100 valence electrons. The van der Waals surface area contributed by atoms with Gasteiger partial charge in [-0.15, -0.1) is 0 Å². The standard InChI is InChI=1S/C14H16N2O2S/c1-11-7-8-12(9-15-11)10-16-13-5-3-4-6-14(13)19(2,17)18/h3-9,16H,10H2,1-2H3. The second-order valence-corrected chi connectivity index (χ2v) is 6.41. The van der Waals surface area contributed by atoms with Crippen molar-refractivity contribution < 1.29 is 8.42 Å². The highest BCUT2D eigenvalue weighted by Gasteiger charge is 2.11. The van der Waals surface area contributed by atoms with Crippen molar-refractivity contribution in [3.8, 4) is 0 Å². The van der Waals surface area contributed by atoms with Crippen molar-refractivity contribution in [3.05, 3.63) is 53.9 Å². The zero-order valence-corrected chi connectivity index (χ0v) is 11.7. The zero-order valence-electron chi connectivity index (χ0n) is 10.9. The van der Waals surface area contributed by atoms with Crippen LogP contribution in [0.4, 0.5) is 5.69 Å². The summed E-state index contributed by atoms with van der Waals surface area (Å²) in [5, 5.41) is 3.14. The molecule has 4 nitrogen and oxygen atoms in total. The van der Waals surface area contributed by atoms with Crippen molar-refractivity contribution >= 4 is 15.5 Å². The van der Waals surface area contributed by atoms with Crippen molar-refractivity contribution in [2.75, 3.05) is 11.6 Å². The van der Waals surface area contributed by atoms with Crippen molar-refractivity contribution in [2.45, 2.75) is 18.4 Å². The number of nitrogens with zero attached hydrogens (tertiary/aromatic N) is 1. The lowest BCUT2D eigenvalue weighted by Crippen LogP contribution is -2.06. The minimum atomic E-state index is -3.22. The predicted molar refractivity (Wildman–Crippen MR) is 75.9 cm³/mol. The normalized spacial score (nSPS) is 11.3. The van der Waals surface area contributed by atoms with Gasteiger partial charge in [0, 0.05) is 24.7 Å². The zero-order chi connectivity index (χ0) is 13.9. The molecule has 1 aromatic carbocycles. The van der Waals surface area contributed by atoms with Crippen LogP contribution in [0.2, 0.25) is 0 Å². The molecule has 0 fully saturated rings. The molecule has 1 heterocycles. The van der Waals surface area contributed by atoms with Crippen LogP contribution in [0.25, 0.3) is 0 Å². The van der Waals surface area contributed by atoms with Crippen LogP contribution in [-0.4, -0.2) is 19.7 Å². The lowest BCUT2D eigenvalue weighted by Gasteiger charge is -2.10. The topological polar surface area (TPSA) is 59.1 Å². The Bertz CT molecular complexity index is 664. The second kappa shape index (κ2) is 5.40. The van der Waals surface area contributed by atoms with E-state index in [0.29, 0.717) is 17.1 Å². The van der Waals surface area contributed by atoms with Gasteiger partial charge in [-0.25, -0.2) is 8.42 Å². The molecule has 1 aromatic heterocycles. The van der Waals surface area contributed by atoms with E-state index in [1.807, 2.05) is 25.1 Å². The third-order valence-corrected chi connectivity index (χ3v) is 3.90. The molecule has 0 amide bonds. The number of rotatable bonds is 4. The van der Waals surface area contributed by atoms with Gasteiger partial charge in [-0.05, 0) is 30.7 Å². The first-order valence-corrected chi connectivity index (χ1v) is 7.80. The molecule has 2 aromatic rings. The summed E-state index contributed by atoms with van der Waals surface area (Å²) in [7, 11) is -3.22. The largest absolute Gasteiger partial charge is 0.380 e. The van der Waals surface area contributed by atoms with Gasteiger partial charge in [0.05, 0.1) is 10.6 Å². The number of aryl methyl sites for hydroxylation is 1. The van der Waals surface area contributed by atoms with Crippen molar-refractivity contribution in [2.24, 2.45) is 0 Å². The summed E-state index contributed by atoms with van der Waals surface area (Å²) in [4.78, 5) is 4.52. The maximum absolute atomic E-state index is 11.7. The Morgan fingerprint density at radius 2 is 1.89 bits per heavy atom. The number of nitrogens with one attached hydrogen (secondary N) is 1. The van der Waals surface area contributed by atoms with Crippen LogP contribution in [0.3, 0.4) is 0 Å². The van der Waals surface area contributed by atoms with E-state index in [1.54, 1.807) is 24.4 Å². The number of para-hydroxylation sites is 1. The van der Waals surface area contributed by atoms with Crippen LogP contribution < -0.4 is 5.32 Å². The van der Waals surface area contributed by atoms with E-state index >= 15 is 0 Å². The van der Waals surface area contributed by atoms with E-state index in [-0.39, 0.29) is 0 Å². The first-order chi connectivity index (χ1) is 8.97. The summed E-state index contributed by atoms with van der Waals surface area (Å²) in [6, 6.07) is 10.8. The Morgan fingerprint density at radius 1 is 1.16 bits per heavy atom. The average molecular weight is 276 g/mol. The van der Waals surface area contributed by atoms with Crippen LogP contribution >= 0.6 is 0 Å². The number of benzene rings is 1. The number of hydrogen-bond acceptors (Lipinski definition) is 4. The highest BCUT2D eigenvalue weighted by atomic mass is 32.2. The van der Waals surface area contributed by atoms with Crippen molar-refractivity contribution in [3.63, 3.8) is 0 Å². The van der Waals surface area contributed by atoms with Crippen LogP contribution in [0.5, 0.6) is 0 Å². The highest BCUT2D eigenvalue weighted by molar-refractivity contribution is 7.90. The van der Waals surface area contributed by atoms with Gasteiger partial charge in [0.2, 0.25) is 0 Å². The Balaban J connectivity index is 2.18. The minimum Gasteiger partial charge on any atom is -0.380 e. The van der Waals surface area contributed by atoms with E-state index < -0.39 is 9.84 Å². The summed E-state index contributed by atoms with van der Waals surface area (Å²) >= 11 is 0. The smallest absolute Gasteiger partial charge is 0.177 e. The Kier molecular flexibility index (Phi) is 3.85. The molecule has 0 saturated heterocycles. The van der Waals surface area contributed by atoms with Gasteiger partial charge in [0.25, 0.3) is 0 Å². The molecule has 0 saturated carbocycles. The number of anilines is 1. The first kappa shape index (κ1) is 13.5. The van der Waals surface area contributed by atoms with E-state index in [9.17, 15) is 8.42 Å². The molecule has 0 bridgehead atoms. The first-order valence-electron chi connectivity index (χ1n) is 5.91. The van der Waals surface area contributed by atoms with E-state index in [4.69, 9.17) is 0 Å². The molecule has 0 spiro atoms. The predicted octanol–water partition coefficient (Wildman–Crippen LogP) is 2.41. The third-order valence-electron chi connectivity index (χ3n) is 2.74. The summed E-state index contributed by atoms with van der Waals surface area (Å²) < 4.78 is 23.3. The molecule has 1 N–H and O–H groups in total. The number of sulfone groups is 1. The number of aromatic nitrogens is 1. The molecule has 0 aliphatic rings. The van der Waals surface area contributed by atoms with E-state index in [1.165, 1.54) is 6.26 Å². The van der Waals surface area contributed by atoms with Crippen LogP contribution in [0.1, 0.15) is 11.3 Å². The fourth-order valence-electron chi connectivity index (χ4n) is 1.74. The molecule has 0 atom stereocenters. The molecule has 5 heteroatoms. The van der Waals surface area contributed by atoms with Gasteiger partial charge >= 0.3 is 0 Å². The Hall–Kier alpha value is -1.88. The molecule has 0 radical (unpaired) electrons. The monoisotopic (exact) mass is 276 g/mol. The summed E-state index contributed by atoms with van der Waals surface area (Å²) in [6.07, 6.45) is 2.99. The minimum absolute atomic E-state index is 0.315. The second-order valence-electron chi connectivity index (χ2n) is 4.43. The van der Waals surface area contributed by atoms with Crippen molar-refractivity contribution in [1.29, 1.82) is 0 Å². The summed E-state index contributed by atoms with van der Waals surface area (Å²) in [5.74, 6) is 0. The average Bonchev–Trinajstić information content (AvgIpc) is 2.37. The van der Waals surface area contributed by atoms with Crippen LogP contribution in [0.15, 0.2) is 47.5 Å². The van der Waals surface area contributed by atoms with E-state index in [0.717, 1.165) is 11.3 Å². The third kappa shape index (κ3) is 3.54. The van der Waals surface area contributed by atoms with Crippen LogP contribution in [0, 0.1) is 6.92 Å². The lowest BCUT2D eigenvalue weighted by molar-refractivity contribution is 0.602. The van der Waals surface area contributed by atoms with Gasteiger partial charge in [0.1, 0.15) is 0 Å². The Morgan fingerprint density at radius 3 is 2.53 bits per heavy atom. The molecule has 0 aliphatic heterocycles. The van der Waals surface area contributed by atoms with Gasteiger partial charge in [0.15, 0.2) is 9.84 Å².